The first-order chi connectivity index (χ1) is 6.34. The van der Waals surface area contributed by atoms with E-state index in [-0.39, 0.29) is 18.6 Å². The van der Waals surface area contributed by atoms with Crippen molar-refractivity contribution in [2.75, 3.05) is 24.7 Å². The van der Waals surface area contributed by atoms with Gasteiger partial charge in [-0.25, -0.2) is 0 Å². The predicted octanol–water partition coefficient (Wildman–Crippen LogP) is 0.645. The lowest BCUT2D eigenvalue weighted by Gasteiger charge is -2.25. The van der Waals surface area contributed by atoms with Gasteiger partial charge in [0.25, 0.3) is 0 Å². The van der Waals surface area contributed by atoms with E-state index in [0.717, 1.165) is 12.3 Å². The first-order valence-corrected chi connectivity index (χ1v) is 5.96. The second-order valence-corrected chi connectivity index (χ2v) is 4.85. The topological polar surface area (TPSA) is 38.3 Å². The van der Waals surface area contributed by atoms with Crippen molar-refractivity contribution >= 4 is 17.7 Å². The summed E-state index contributed by atoms with van der Waals surface area (Å²) in [5, 5.41) is 2.84. The molecule has 2 aliphatic heterocycles. The van der Waals surface area contributed by atoms with Gasteiger partial charge in [-0.15, -0.1) is 0 Å². The summed E-state index contributed by atoms with van der Waals surface area (Å²) < 4.78 is 5.43. The van der Waals surface area contributed by atoms with Crippen molar-refractivity contribution in [3.05, 3.63) is 0 Å². The molecule has 2 aliphatic rings. The molecule has 13 heavy (non-hydrogen) atoms. The number of morpholine rings is 1. The van der Waals surface area contributed by atoms with Crippen LogP contribution in [0, 0.1) is 5.92 Å². The highest BCUT2D eigenvalue weighted by molar-refractivity contribution is 7.99. The quantitative estimate of drug-likeness (QED) is 0.712. The Morgan fingerprint density at radius 1 is 1.62 bits per heavy atom. The fourth-order valence-corrected chi connectivity index (χ4v) is 3.13. The van der Waals surface area contributed by atoms with Crippen LogP contribution in [0.3, 0.4) is 0 Å². The molecule has 1 N–H and O–H groups in total. The Bertz CT molecular complexity index is 182. The molecule has 2 heterocycles. The molecular formula is C9H15NO2S. The number of ether oxygens (including phenoxy) is 1. The zero-order chi connectivity index (χ0) is 9.10. The first-order valence-electron chi connectivity index (χ1n) is 4.80. The lowest BCUT2D eigenvalue weighted by atomic mass is 10.0. The largest absolute Gasteiger partial charge is 0.367 e. The first kappa shape index (κ1) is 9.34. The molecule has 0 aromatic heterocycles. The van der Waals surface area contributed by atoms with Crippen LogP contribution in [0.5, 0.6) is 0 Å². The van der Waals surface area contributed by atoms with Crippen LogP contribution in [0.1, 0.15) is 12.8 Å². The van der Waals surface area contributed by atoms with Gasteiger partial charge in [0.15, 0.2) is 0 Å². The van der Waals surface area contributed by atoms with Crippen LogP contribution in [-0.4, -0.2) is 36.7 Å². The summed E-state index contributed by atoms with van der Waals surface area (Å²) >= 11 is 2.03. The van der Waals surface area contributed by atoms with E-state index in [4.69, 9.17) is 4.74 Å². The van der Waals surface area contributed by atoms with Gasteiger partial charge in [0, 0.05) is 6.54 Å². The van der Waals surface area contributed by atoms with Gasteiger partial charge in [0.1, 0.15) is 6.61 Å². The average Bonchev–Trinajstić information content (AvgIpc) is 2.62. The third kappa shape index (κ3) is 2.61. The highest BCUT2D eigenvalue weighted by atomic mass is 32.2. The summed E-state index contributed by atoms with van der Waals surface area (Å²) in [5.74, 6) is 3.40. The summed E-state index contributed by atoms with van der Waals surface area (Å²) in [6, 6.07) is 0. The van der Waals surface area contributed by atoms with Gasteiger partial charge in [-0.05, 0) is 30.3 Å². The van der Waals surface area contributed by atoms with Gasteiger partial charge in [0.2, 0.25) is 5.91 Å². The van der Waals surface area contributed by atoms with Crippen LogP contribution in [0.15, 0.2) is 0 Å². The number of nitrogens with one attached hydrogen (secondary N) is 1. The van der Waals surface area contributed by atoms with Gasteiger partial charge in [-0.1, -0.05) is 0 Å². The fraction of sp³-hybridized carbons (Fsp3) is 0.889. The third-order valence-electron chi connectivity index (χ3n) is 2.60. The van der Waals surface area contributed by atoms with E-state index in [1.54, 1.807) is 0 Å². The molecule has 2 rings (SSSR count). The van der Waals surface area contributed by atoms with Crippen molar-refractivity contribution in [2.24, 2.45) is 5.92 Å². The normalized spacial score (nSPS) is 34.6. The van der Waals surface area contributed by atoms with Crippen LogP contribution >= 0.6 is 11.8 Å². The number of thioether (sulfide) groups is 1. The average molecular weight is 201 g/mol. The van der Waals surface area contributed by atoms with Gasteiger partial charge < -0.3 is 10.1 Å². The molecule has 1 amide bonds. The van der Waals surface area contributed by atoms with E-state index < -0.39 is 0 Å². The van der Waals surface area contributed by atoms with Gasteiger partial charge in [-0.3, -0.25) is 4.79 Å². The Labute approximate surface area is 82.6 Å². The van der Waals surface area contributed by atoms with Crippen molar-refractivity contribution < 1.29 is 9.53 Å². The monoisotopic (exact) mass is 201 g/mol. The summed E-state index contributed by atoms with van der Waals surface area (Å²) in [4.78, 5) is 10.8. The van der Waals surface area contributed by atoms with Gasteiger partial charge >= 0.3 is 0 Å². The number of rotatable bonds is 2. The van der Waals surface area contributed by atoms with Crippen LogP contribution < -0.4 is 5.32 Å². The molecule has 2 atom stereocenters. The molecule has 74 valence electrons. The molecule has 2 fully saturated rings. The third-order valence-corrected chi connectivity index (χ3v) is 3.83. The number of hydrogen-bond donors (Lipinski definition) is 1. The Hall–Kier alpha value is -0.220. The Morgan fingerprint density at radius 3 is 3.15 bits per heavy atom. The molecule has 3 nitrogen and oxygen atoms in total. The van der Waals surface area contributed by atoms with Crippen molar-refractivity contribution in [1.82, 2.24) is 5.32 Å². The minimum atomic E-state index is 0.0250. The minimum Gasteiger partial charge on any atom is -0.367 e. The zero-order valence-corrected chi connectivity index (χ0v) is 8.44. The van der Waals surface area contributed by atoms with Gasteiger partial charge in [-0.2, -0.15) is 11.8 Å². The molecule has 0 aromatic rings. The Balaban J connectivity index is 1.72. The predicted molar refractivity (Wildman–Crippen MR) is 52.8 cm³/mol. The number of amides is 1. The molecule has 0 aliphatic carbocycles. The maximum absolute atomic E-state index is 10.8. The van der Waals surface area contributed by atoms with Crippen LogP contribution in [-0.2, 0) is 9.53 Å². The zero-order valence-electron chi connectivity index (χ0n) is 7.62. The van der Waals surface area contributed by atoms with E-state index in [1.807, 2.05) is 11.8 Å². The van der Waals surface area contributed by atoms with Crippen molar-refractivity contribution in [2.45, 2.75) is 18.9 Å². The Kier molecular flexibility index (Phi) is 3.11. The number of hydrogen-bond acceptors (Lipinski definition) is 3. The summed E-state index contributed by atoms with van der Waals surface area (Å²) in [6.45, 7) is 0.963. The minimum absolute atomic E-state index is 0.0250. The van der Waals surface area contributed by atoms with Gasteiger partial charge in [0.05, 0.1) is 6.10 Å². The smallest absolute Gasteiger partial charge is 0.246 e. The fourth-order valence-electron chi connectivity index (χ4n) is 1.82. The maximum Gasteiger partial charge on any atom is 0.246 e. The highest BCUT2D eigenvalue weighted by Gasteiger charge is 2.24. The van der Waals surface area contributed by atoms with Crippen molar-refractivity contribution in [3.8, 4) is 0 Å². The van der Waals surface area contributed by atoms with E-state index >= 15 is 0 Å². The molecular weight excluding hydrogens is 186 g/mol. The second-order valence-electron chi connectivity index (χ2n) is 3.70. The van der Waals surface area contributed by atoms with E-state index in [1.165, 1.54) is 17.9 Å². The van der Waals surface area contributed by atoms with Crippen molar-refractivity contribution in [3.63, 3.8) is 0 Å². The molecule has 0 aromatic carbocycles. The maximum atomic E-state index is 10.8. The Morgan fingerprint density at radius 2 is 2.54 bits per heavy atom. The van der Waals surface area contributed by atoms with Crippen LogP contribution in [0.4, 0.5) is 0 Å². The molecule has 0 bridgehead atoms. The lowest BCUT2D eigenvalue weighted by Crippen LogP contribution is -2.43. The molecule has 0 spiro atoms. The number of carbonyl (C=O) groups excluding carboxylic acids is 1. The van der Waals surface area contributed by atoms with Crippen LogP contribution in [0.2, 0.25) is 0 Å². The molecule has 0 saturated carbocycles. The lowest BCUT2D eigenvalue weighted by molar-refractivity contribution is -0.133. The summed E-state index contributed by atoms with van der Waals surface area (Å²) in [7, 11) is 0. The van der Waals surface area contributed by atoms with Crippen molar-refractivity contribution in [1.29, 1.82) is 0 Å². The molecule has 2 unspecified atom stereocenters. The molecule has 4 heteroatoms. The van der Waals surface area contributed by atoms with E-state index in [9.17, 15) is 4.79 Å². The standard InChI is InChI=1S/C9H15NO2S/c11-9-5-12-8(4-10-9)3-7-1-2-13-6-7/h7-8H,1-6H2,(H,10,11). The SMILES string of the molecule is O=C1COC(CC2CCSC2)CN1. The van der Waals surface area contributed by atoms with E-state index in [2.05, 4.69) is 5.32 Å². The highest BCUT2D eigenvalue weighted by Crippen LogP contribution is 2.27. The summed E-state index contributed by atoms with van der Waals surface area (Å²) in [5.41, 5.74) is 0. The molecule has 2 saturated heterocycles. The summed E-state index contributed by atoms with van der Waals surface area (Å²) in [6.07, 6.45) is 2.70. The number of carbonyl (C=O) groups is 1. The second kappa shape index (κ2) is 4.33. The van der Waals surface area contributed by atoms with E-state index in [0.29, 0.717) is 6.54 Å². The molecule has 0 radical (unpaired) electrons. The van der Waals surface area contributed by atoms with Crippen LogP contribution in [0.25, 0.3) is 0 Å².